The van der Waals surface area contributed by atoms with Crippen LogP contribution < -0.4 is 0 Å². The Morgan fingerprint density at radius 1 is 1.71 bits per heavy atom. The fraction of sp³-hybridized carbons (Fsp3) is 0. The first-order chi connectivity index (χ1) is 3.43. The van der Waals surface area contributed by atoms with Crippen molar-refractivity contribution in [1.82, 2.24) is 9.22 Å². The standard InChI is InChI=1S/C3H4N2OSi/c6-7-5-2-1-4-3-5/h1-3,6H. The average molecular weight is 112 g/mol. The summed E-state index contributed by atoms with van der Waals surface area (Å²) in [6.07, 6.45) is 4.90. The summed E-state index contributed by atoms with van der Waals surface area (Å²) in [7, 11) is -0.191. The Kier molecular flexibility index (Phi) is 1.23. The van der Waals surface area contributed by atoms with E-state index in [2.05, 4.69) is 4.98 Å². The van der Waals surface area contributed by atoms with Gasteiger partial charge in [0.15, 0.2) is 0 Å². The SMILES string of the molecule is O[Si]n1ccnc1. The third-order valence-corrected chi connectivity index (χ3v) is 1.12. The molecule has 0 spiro atoms. The van der Waals surface area contributed by atoms with E-state index >= 15 is 0 Å². The Morgan fingerprint density at radius 2 is 2.57 bits per heavy atom. The second kappa shape index (κ2) is 1.90. The molecule has 4 heteroatoms. The predicted octanol–water partition coefficient (Wildman–Crippen LogP) is -0.742. The maximum Gasteiger partial charge on any atom is 0.384 e. The lowest BCUT2D eigenvalue weighted by Crippen LogP contribution is -2.00. The van der Waals surface area contributed by atoms with Gasteiger partial charge in [-0.3, -0.25) is 0 Å². The van der Waals surface area contributed by atoms with E-state index in [4.69, 9.17) is 4.80 Å². The van der Waals surface area contributed by atoms with Gasteiger partial charge in [-0.1, -0.05) is 0 Å². The van der Waals surface area contributed by atoms with E-state index in [9.17, 15) is 0 Å². The zero-order valence-electron chi connectivity index (χ0n) is 3.57. The highest BCUT2D eigenvalue weighted by Crippen LogP contribution is 1.75. The third kappa shape index (κ3) is 0.878. The summed E-state index contributed by atoms with van der Waals surface area (Å²) in [6.45, 7) is 0. The van der Waals surface area contributed by atoms with Gasteiger partial charge in [0.1, 0.15) is 0 Å². The number of nitrogens with zero attached hydrogens (tertiary/aromatic N) is 2. The van der Waals surface area contributed by atoms with Crippen molar-refractivity contribution < 1.29 is 4.80 Å². The fourth-order valence-electron chi connectivity index (χ4n) is 0.318. The molecule has 0 aliphatic rings. The van der Waals surface area contributed by atoms with Crippen LogP contribution in [0.15, 0.2) is 18.7 Å². The first kappa shape index (κ1) is 4.54. The molecule has 2 radical (unpaired) electrons. The zero-order valence-corrected chi connectivity index (χ0v) is 4.57. The number of rotatable bonds is 1. The summed E-state index contributed by atoms with van der Waals surface area (Å²) in [5.41, 5.74) is 0. The van der Waals surface area contributed by atoms with Crippen molar-refractivity contribution in [2.24, 2.45) is 0 Å². The van der Waals surface area contributed by atoms with E-state index in [0.717, 1.165) is 0 Å². The third-order valence-electron chi connectivity index (χ3n) is 0.620. The average Bonchev–Trinajstić information content (AvgIpc) is 2.14. The van der Waals surface area contributed by atoms with Gasteiger partial charge in [0.2, 0.25) is 0 Å². The molecule has 1 heterocycles. The van der Waals surface area contributed by atoms with Crippen LogP contribution >= 0.6 is 0 Å². The fourth-order valence-corrected chi connectivity index (χ4v) is 0.570. The van der Waals surface area contributed by atoms with Crippen molar-refractivity contribution in [3.63, 3.8) is 0 Å². The van der Waals surface area contributed by atoms with Crippen LogP contribution in [0, 0.1) is 0 Å². The summed E-state index contributed by atoms with van der Waals surface area (Å²) in [4.78, 5) is 12.1. The van der Waals surface area contributed by atoms with Crippen LogP contribution in [0.2, 0.25) is 0 Å². The van der Waals surface area contributed by atoms with Gasteiger partial charge in [0.05, 0.1) is 6.33 Å². The molecular formula is C3H4N2OSi. The molecule has 0 aliphatic carbocycles. The normalized spacial score (nSPS) is 9.29. The molecule has 1 aromatic heterocycles. The predicted molar refractivity (Wildman–Crippen MR) is 25.6 cm³/mol. The Labute approximate surface area is 43.6 Å². The maximum atomic E-state index is 8.38. The van der Waals surface area contributed by atoms with Crippen molar-refractivity contribution in [2.75, 3.05) is 0 Å². The van der Waals surface area contributed by atoms with Crippen molar-refractivity contribution in [3.8, 4) is 0 Å². The van der Waals surface area contributed by atoms with Gasteiger partial charge in [-0.15, -0.1) is 0 Å². The minimum Gasteiger partial charge on any atom is -0.414 e. The van der Waals surface area contributed by atoms with Crippen LogP contribution in [-0.4, -0.2) is 23.9 Å². The Morgan fingerprint density at radius 3 is 2.86 bits per heavy atom. The van der Waals surface area contributed by atoms with E-state index in [0.29, 0.717) is 0 Å². The highest BCUT2D eigenvalue weighted by molar-refractivity contribution is 6.22. The van der Waals surface area contributed by atoms with Crippen LogP contribution in [0.5, 0.6) is 0 Å². The molecule has 1 rings (SSSR count). The van der Waals surface area contributed by atoms with Crippen LogP contribution in [0.4, 0.5) is 0 Å². The van der Waals surface area contributed by atoms with Crippen molar-refractivity contribution >= 4 is 9.92 Å². The van der Waals surface area contributed by atoms with E-state index in [1.807, 2.05) is 0 Å². The monoisotopic (exact) mass is 112 g/mol. The summed E-state index contributed by atoms with van der Waals surface area (Å²) < 4.78 is 1.60. The molecule has 1 aromatic rings. The van der Waals surface area contributed by atoms with Gasteiger partial charge in [-0.05, 0) is 0 Å². The summed E-state index contributed by atoms with van der Waals surface area (Å²) in [5, 5.41) is 0. The van der Waals surface area contributed by atoms with Crippen LogP contribution in [0.25, 0.3) is 0 Å². The Hall–Kier alpha value is -0.613. The highest BCUT2D eigenvalue weighted by Gasteiger charge is 1.82. The molecule has 0 bridgehead atoms. The Balaban J connectivity index is 2.76. The molecule has 0 saturated heterocycles. The van der Waals surface area contributed by atoms with Crippen LogP contribution in [0.1, 0.15) is 0 Å². The van der Waals surface area contributed by atoms with Crippen molar-refractivity contribution in [1.29, 1.82) is 0 Å². The quantitative estimate of drug-likeness (QED) is 0.486. The molecular weight excluding hydrogens is 108 g/mol. The first-order valence-corrected chi connectivity index (χ1v) is 2.71. The second-order valence-electron chi connectivity index (χ2n) is 1.07. The molecule has 0 unspecified atom stereocenters. The van der Waals surface area contributed by atoms with Crippen molar-refractivity contribution in [3.05, 3.63) is 18.7 Å². The smallest absolute Gasteiger partial charge is 0.384 e. The second-order valence-corrected chi connectivity index (χ2v) is 1.79. The zero-order chi connectivity index (χ0) is 5.11. The van der Waals surface area contributed by atoms with Gasteiger partial charge in [0.25, 0.3) is 0 Å². The van der Waals surface area contributed by atoms with Crippen LogP contribution in [-0.2, 0) is 0 Å². The van der Waals surface area contributed by atoms with Gasteiger partial charge in [0, 0.05) is 12.4 Å². The molecule has 36 valence electrons. The van der Waals surface area contributed by atoms with Crippen molar-refractivity contribution in [2.45, 2.75) is 0 Å². The molecule has 0 atom stereocenters. The summed E-state index contributed by atoms with van der Waals surface area (Å²) in [6, 6.07) is 0. The number of hydrogen-bond donors (Lipinski definition) is 1. The molecule has 0 saturated carbocycles. The first-order valence-electron chi connectivity index (χ1n) is 1.81. The van der Waals surface area contributed by atoms with Gasteiger partial charge in [-0.25, -0.2) is 4.98 Å². The number of aromatic nitrogens is 2. The molecule has 0 fully saturated rings. The molecule has 0 amide bonds. The lowest BCUT2D eigenvalue weighted by molar-refractivity contribution is 0.588. The van der Waals surface area contributed by atoms with Crippen LogP contribution in [0.3, 0.4) is 0 Å². The van der Waals surface area contributed by atoms with E-state index < -0.39 is 0 Å². The number of hydrogen-bond acceptors (Lipinski definition) is 2. The molecule has 1 N–H and O–H groups in total. The minimum absolute atomic E-state index is 0.191. The highest BCUT2D eigenvalue weighted by atomic mass is 28.2. The van der Waals surface area contributed by atoms with Gasteiger partial charge in [-0.2, -0.15) is 0 Å². The van der Waals surface area contributed by atoms with E-state index in [1.165, 1.54) is 0 Å². The van der Waals surface area contributed by atoms with Gasteiger partial charge < -0.3 is 9.03 Å². The number of imidazole rings is 1. The summed E-state index contributed by atoms with van der Waals surface area (Å²) >= 11 is 0. The lowest BCUT2D eigenvalue weighted by Gasteiger charge is -1.83. The maximum absolute atomic E-state index is 8.38. The topological polar surface area (TPSA) is 38.0 Å². The van der Waals surface area contributed by atoms with E-state index in [-0.39, 0.29) is 9.92 Å². The lowest BCUT2D eigenvalue weighted by atomic mass is 11.0. The molecule has 7 heavy (non-hydrogen) atoms. The minimum atomic E-state index is -0.191. The summed E-state index contributed by atoms with van der Waals surface area (Å²) in [5.74, 6) is 0. The largest absolute Gasteiger partial charge is 0.414 e. The van der Waals surface area contributed by atoms with Gasteiger partial charge >= 0.3 is 9.92 Å². The molecule has 3 nitrogen and oxygen atoms in total. The van der Waals surface area contributed by atoms with E-state index in [1.54, 1.807) is 23.0 Å². The Bertz CT molecular complexity index is 127. The molecule has 0 aromatic carbocycles. The molecule has 0 aliphatic heterocycles.